The van der Waals surface area contributed by atoms with Crippen LogP contribution < -0.4 is 10.2 Å². The Hall–Kier alpha value is -1.20. The van der Waals surface area contributed by atoms with Crippen LogP contribution in [0.25, 0.3) is 0 Å². The zero-order chi connectivity index (χ0) is 12.4. The van der Waals surface area contributed by atoms with Crippen molar-refractivity contribution >= 4 is 5.82 Å². The van der Waals surface area contributed by atoms with Crippen molar-refractivity contribution in [1.82, 2.24) is 20.2 Å². The maximum Gasteiger partial charge on any atom is 0.147 e. The van der Waals surface area contributed by atoms with Crippen LogP contribution in [0.2, 0.25) is 0 Å². The summed E-state index contributed by atoms with van der Waals surface area (Å²) in [5, 5.41) is 3.12. The fourth-order valence-electron chi connectivity index (χ4n) is 3.01. The van der Waals surface area contributed by atoms with Crippen molar-refractivity contribution in [1.29, 1.82) is 0 Å². The molecule has 1 aromatic rings. The zero-order valence-corrected chi connectivity index (χ0v) is 11.0. The van der Waals surface area contributed by atoms with Crippen molar-refractivity contribution < 1.29 is 0 Å². The van der Waals surface area contributed by atoms with Crippen LogP contribution in [0.3, 0.4) is 0 Å². The number of hydrogen-bond donors (Lipinski definition) is 1. The molecule has 5 nitrogen and oxygen atoms in total. The average molecular weight is 247 g/mol. The minimum absolute atomic E-state index is 0.730. The van der Waals surface area contributed by atoms with Gasteiger partial charge in [0.05, 0.1) is 11.9 Å². The summed E-state index contributed by atoms with van der Waals surface area (Å²) in [6.07, 6.45) is 6.42. The number of anilines is 1. The van der Waals surface area contributed by atoms with E-state index in [2.05, 4.69) is 25.1 Å². The largest absolute Gasteiger partial charge is 0.352 e. The quantitative estimate of drug-likeness (QED) is 0.841. The molecule has 0 aromatic carbocycles. The molecule has 0 aliphatic carbocycles. The Balaban J connectivity index is 1.72. The molecular weight excluding hydrogens is 226 g/mol. The van der Waals surface area contributed by atoms with Gasteiger partial charge in [0.2, 0.25) is 0 Å². The zero-order valence-electron chi connectivity index (χ0n) is 11.0. The third-order valence-electron chi connectivity index (χ3n) is 3.94. The molecule has 3 rings (SSSR count). The van der Waals surface area contributed by atoms with Gasteiger partial charge < -0.3 is 10.2 Å². The minimum atomic E-state index is 0.730. The predicted octanol–water partition coefficient (Wildman–Crippen LogP) is 0.480. The maximum atomic E-state index is 4.68. The van der Waals surface area contributed by atoms with Gasteiger partial charge in [0.15, 0.2) is 0 Å². The van der Waals surface area contributed by atoms with E-state index >= 15 is 0 Å². The second-order valence-corrected chi connectivity index (χ2v) is 5.18. The summed E-state index contributed by atoms with van der Waals surface area (Å²) in [7, 11) is 1.94. The third kappa shape index (κ3) is 2.33. The maximum absolute atomic E-state index is 4.68. The fraction of sp³-hybridized carbons (Fsp3) is 0.692. The van der Waals surface area contributed by atoms with Gasteiger partial charge in [-0.25, -0.2) is 4.98 Å². The highest BCUT2D eigenvalue weighted by molar-refractivity contribution is 5.37. The molecule has 2 saturated heterocycles. The van der Waals surface area contributed by atoms with Gasteiger partial charge in [-0.3, -0.25) is 9.88 Å². The fourth-order valence-corrected chi connectivity index (χ4v) is 3.01. The highest BCUT2D eigenvalue weighted by atomic mass is 15.3. The Morgan fingerprint density at radius 2 is 2.28 bits per heavy atom. The van der Waals surface area contributed by atoms with Gasteiger partial charge in [-0.05, 0) is 26.4 Å². The number of aromatic nitrogens is 2. The first-order valence-corrected chi connectivity index (χ1v) is 6.81. The highest BCUT2D eigenvalue weighted by Crippen LogP contribution is 2.24. The van der Waals surface area contributed by atoms with Crippen LogP contribution in [0.1, 0.15) is 18.5 Å². The molecule has 1 atom stereocenters. The molecule has 2 fully saturated rings. The highest BCUT2D eigenvalue weighted by Gasteiger charge is 2.31. The van der Waals surface area contributed by atoms with Crippen molar-refractivity contribution in [3.05, 3.63) is 18.1 Å². The van der Waals surface area contributed by atoms with Crippen molar-refractivity contribution in [3.63, 3.8) is 0 Å². The van der Waals surface area contributed by atoms with Gasteiger partial charge in [-0.1, -0.05) is 0 Å². The Kier molecular flexibility index (Phi) is 3.43. The number of nitrogens with one attached hydrogen (secondary N) is 1. The van der Waals surface area contributed by atoms with E-state index in [9.17, 15) is 0 Å². The summed E-state index contributed by atoms with van der Waals surface area (Å²) < 4.78 is 0. The van der Waals surface area contributed by atoms with Gasteiger partial charge >= 0.3 is 0 Å². The van der Waals surface area contributed by atoms with Crippen molar-refractivity contribution in [2.45, 2.75) is 25.4 Å². The van der Waals surface area contributed by atoms with E-state index in [0.29, 0.717) is 0 Å². The first-order chi connectivity index (χ1) is 8.86. The van der Waals surface area contributed by atoms with Crippen LogP contribution in [0.15, 0.2) is 12.4 Å². The third-order valence-corrected chi connectivity index (χ3v) is 3.94. The smallest absolute Gasteiger partial charge is 0.147 e. The summed E-state index contributed by atoms with van der Waals surface area (Å²) in [5.41, 5.74) is 1.02. The summed E-state index contributed by atoms with van der Waals surface area (Å²) in [4.78, 5) is 14.0. The van der Waals surface area contributed by atoms with Gasteiger partial charge in [0, 0.05) is 38.4 Å². The first kappa shape index (κ1) is 11.9. The summed E-state index contributed by atoms with van der Waals surface area (Å²) in [6, 6.07) is 0.730. The van der Waals surface area contributed by atoms with Crippen LogP contribution >= 0.6 is 0 Å². The summed E-state index contributed by atoms with van der Waals surface area (Å²) >= 11 is 0. The predicted molar refractivity (Wildman–Crippen MR) is 71.6 cm³/mol. The number of hydrogen-bond acceptors (Lipinski definition) is 5. The normalized spacial score (nSPS) is 24.3. The molecule has 2 aliphatic rings. The number of nitrogens with zero attached hydrogens (tertiary/aromatic N) is 4. The lowest BCUT2D eigenvalue weighted by Gasteiger charge is -2.38. The average Bonchev–Trinajstić information content (AvgIpc) is 2.86. The summed E-state index contributed by atoms with van der Waals surface area (Å²) in [6.45, 7) is 5.42. The molecule has 98 valence electrons. The minimum Gasteiger partial charge on any atom is -0.352 e. The number of fused-ring (bicyclic) bond motifs is 1. The number of rotatable bonds is 3. The topological polar surface area (TPSA) is 44.3 Å². The van der Waals surface area contributed by atoms with Gasteiger partial charge in [0.1, 0.15) is 5.82 Å². The first-order valence-electron chi connectivity index (χ1n) is 6.81. The van der Waals surface area contributed by atoms with E-state index in [1.54, 1.807) is 0 Å². The van der Waals surface area contributed by atoms with E-state index in [1.807, 2.05) is 19.4 Å². The Morgan fingerprint density at radius 3 is 3.17 bits per heavy atom. The van der Waals surface area contributed by atoms with Crippen LogP contribution in [0.5, 0.6) is 0 Å². The second-order valence-electron chi connectivity index (χ2n) is 5.18. The van der Waals surface area contributed by atoms with E-state index in [1.165, 1.54) is 25.9 Å². The second kappa shape index (κ2) is 5.20. The molecule has 5 heteroatoms. The molecule has 0 amide bonds. The Morgan fingerprint density at radius 1 is 1.33 bits per heavy atom. The Labute approximate surface area is 108 Å². The molecule has 1 aromatic heterocycles. The summed E-state index contributed by atoms with van der Waals surface area (Å²) in [5.74, 6) is 1.04. The van der Waals surface area contributed by atoms with Crippen molar-refractivity contribution in [2.24, 2.45) is 0 Å². The SMILES string of the molecule is CNCc1cncc(N2CCN3CCCC3C2)n1. The van der Waals surface area contributed by atoms with Crippen LogP contribution in [0.4, 0.5) is 5.82 Å². The molecule has 2 aliphatic heterocycles. The van der Waals surface area contributed by atoms with Crippen LogP contribution in [-0.2, 0) is 6.54 Å². The molecule has 1 unspecified atom stereocenters. The standard InChI is InChI=1S/C13H21N5/c1-14-7-11-8-15-9-13(16-11)18-6-5-17-4-2-3-12(17)10-18/h8-9,12,14H,2-7,10H2,1H3. The molecule has 0 radical (unpaired) electrons. The van der Waals surface area contributed by atoms with Crippen molar-refractivity contribution in [2.75, 3.05) is 38.1 Å². The lowest BCUT2D eigenvalue weighted by Crippen LogP contribution is -2.50. The molecule has 1 N–H and O–H groups in total. The monoisotopic (exact) mass is 247 g/mol. The van der Waals surface area contributed by atoms with Crippen LogP contribution in [0, 0.1) is 0 Å². The van der Waals surface area contributed by atoms with Gasteiger partial charge in [-0.15, -0.1) is 0 Å². The molecule has 0 bridgehead atoms. The lowest BCUT2D eigenvalue weighted by atomic mass is 10.1. The van der Waals surface area contributed by atoms with Gasteiger partial charge in [-0.2, -0.15) is 0 Å². The molecule has 18 heavy (non-hydrogen) atoms. The molecule has 3 heterocycles. The van der Waals surface area contributed by atoms with Crippen LogP contribution in [-0.4, -0.2) is 54.1 Å². The Bertz CT molecular complexity index is 408. The molecular formula is C13H21N5. The van der Waals surface area contributed by atoms with E-state index in [4.69, 9.17) is 0 Å². The van der Waals surface area contributed by atoms with Gasteiger partial charge in [0.25, 0.3) is 0 Å². The van der Waals surface area contributed by atoms with Crippen molar-refractivity contribution in [3.8, 4) is 0 Å². The van der Waals surface area contributed by atoms with E-state index < -0.39 is 0 Å². The van der Waals surface area contributed by atoms with E-state index in [-0.39, 0.29) is 0 Å². The lowest BCUT2D eigenvalue weighted by molar-refractivity contribution is 0.230. The molecule has 0 saturated carbocycles. The number of piperazine rings is 1. The molecule has 0 spiro atoms. The van der Waals surface area contributed by atoms with E-state index in [0.717, 1.165) is 37.2 Å².